The van der Waals surface area contributed by atoms with E-state index in [2.05, 4.69) is 0 Å². The Morgan fingerprint density at radius 2 is 1.56 bits per heavy atom. The molecular formula is C12H13F5O. The van der Waals surface area contributed by atoms with Gasteiger partial charge >= 0.3 is 12.1 Å². The first kappa shape index (κ1) is 14.9. The van der Waals surface area contributed by atoms with Crippen LogP contribution in [0.1, 0.15) is 30.9 Å². The summed E-state index contributed by atoms with van der Waals surface area (Å²) < 4.78 is 60.8. The Morgan fingerprint density at radius 1 is 1.00 bits per heavy atom. The fourth-order valence-corrected chi connectivity index (χ4v) is 1.50. The molecule has 1 aromatic rings. The molecule has 0 aliphatic rings. The molecule has 0 heterocycles. The van der Waals surface area contributed by atoms with E-state index in [1.165, 1.54) is 0 Å². The Hall–Kier alpha value is -1.17. The van der Waals surface area contributed by atoms with Crippen LogP contribution < -0.4 is 0 Å². The van der Waals surface area contributed by atoms with Crippen LogP contribution in [0.2, 0.25) is 0 Å². The van der Waals surface area contributed by atoms with Crippen LogP contribution in [0.3, 0.4) is 0 Å². The lowest BCUT2D eigenvalue weighted by molar-refractivity contribution is -0.284. The molecule has 0 amide bonds. The summed E-state index contributed by atoms with van der Waals surface area (Å²) in [7, 11) is 0. The summed E-state index contributed by atoms with van der Waals surface area (Å²) in [5.41, 5.74) is 0.507. The van der Waals surface area contributed by atoms with Crippen molar-refractivity contribution in [2.75, 3.05) is 0 Å². The second-order valence-corrected chi connectivity index (χ2v) is 4.02. The first-order valence-corrected chi connectivity index (χ1v) is 5.41. The van der Waals surface area contributed by atoms with Gasteiger partial charge < -0.3 is 5.11 Å². The summed E-state index contributed by atoms with van der Waals surface area (Å²) in [6, 6.07) is 8.21. The molecular weight excluding hydrogens is 255 g/mol. The number of aliphatic hydroxyl groups excluding tert-OH is 1. The second-order valence-electron chi connectivity index (χ2n) is 4.02. The normalized spacial score (nSPS) is 14.6. The maximum Gasteiger partial charge on any atom is 0.453 e. The summed E-state index contributed by atoms with van der Waals surface area (Å²) in [4.78, 5) is 0. The molecule has 0 bridgehead atoms. The monoisotopic (exact) mass is 268 g/mol. The van der Waals surface area contributed by atoms with Crippen LogP contribution in [0.5, 0.6) is 0 Å². The van der Waals surface area contributed by atoms with Crippen molar-refractivity contribution in [2.45, 2.75) is 37.5 Å². The molecule has 0 aromatic heterocycles. The van der Waals surface area contributed by atoms with Gasteiger partial charge in [0, 0.05) is 6.42 Å². The Labute approximate surface area is 101 Å². The van der Waals surface area contributed by atoms with Crippen LogP contribution in [0, 0.1) is 0 Å². The average Bonchev–Trinajstić information content (AvgIpc) is 2.28. The highest BCUT2D eigenvalue weighted by Crippen LogP contribution is 2.39. The number of hydrogen-bond donors (Lipinski definition) is 1. The molecule has 18 heavy (non-hydrogen) atoms. The zero-order chi connectivity index (χ0) is 13.8. The van der Waals surface area contributed by atoms with E-state index in [1.807, 2.05) is 0 Å². The van der Waals surface area contributed by atoms with Gasteiger partial charge in [0.15, 0.2) is 0 Å². The Balaban J connectivity index is 2.43. The van der Waals surface area contributed by atoms with Crippen LogP contribution in [0.25, 0.3) is 0 Å². The summed E-state index contributed by atoms with van der Waals surface area (Å²) in [5, 5.41) is 9.59. The molecule has 102 valence electrons. The van der Waals surface area contributed by atoms with Gasteiger partial charge in [-0.1, -0.05) is 30.3 Å². The van der Waals surface area contributed by atoms with E-state index in [-0.39, 0.29) is 6.42 Å². The van der Waals surface area contributed by atoms with Gasteiger partial charge in [-0.2, -0.15) is 22.0 Å². The maximum absolute atomic E-state index is 12.6. The molecule has 0 radical (unpaired) electrons. The highest BCUT2D eigenvalue weighted by Gasteiger charge is 2.56. The number of benzene rings is 1. The summed E-state index contributed by atoms with van der Waals surface area (Å²) in [6.45, 7) is 0. The molecule has 6 heteroatoms. The average molecular weight is 268 g/mol. The van der Waals surface area contributed by atoms with Gasteiger partial charge in [0.25, 0.3) is 0 Å². The fraction of sp³-hybridized carbons (Fsp3) is 0.500. The van der Waals surface area contributed by atoms with Gasteiger partial charge in [-0.15, -0.1) is 0 Å². The van der Waals surface area contributed by atoms with Gasteiger partial charge in [-0.05, 0) is 18.4 Å². The number of alkyl halides is 5. The van der Waals surface area contributed by atoms with E-state index in [4.69, 9.17) is 0 Å². The number of aliphatic hydroxyl groups is 1. The lowest BCUT2D eigenvalue weighted by Gasteiger charge is -2.20. The minimum atomic E-state index is -5.52. The van der Waals surface area contributed by atoms with E-state index in [0.29, 0.717) is 5.56 Å². The van der Waals surface area contributed by atoms with Gasteiger partial charge in [-0.3, -0.25) is 0 Å². The Kier molecular flexibility index (Phi) is 4.67. The molecule has 1 nitrogen and oxygen atoms in total. The molecule has 0 saturated heterocycles. The first-order valence-electron chi connectivity index (χ1n) is 5.41. The quantitative estimate of drug-likeness (QED) is 0.797. The van der Waals surface area contributed by atoms with Gasteiger partial charge in [0.1, 0.15) is 0 Å². The third kappa shape index (κ3) is 3.94. The topological polar surface area (TPSA) is 20.2 Å². The fourth-order valence-electron chi connectivity index (χ4n) is 1.50. The predicted octanol–water partition coefficient (Wildman–Crippen LogP) is 4.09. The standard InChI is InChI=1S/C12H13F5O/c13-11(14,12(15,16)17)8-4-7-10(18)9-5-2-1-3-6-9/h1-3,5-6,10,18H,4,7-8H2. The third-order valence-corrected chi connectivity index (χ3v) is 2.57. The maximum atomic E-state index is 12.6. The molecule has 0 aliphatic carbocycles. The molecule has 0 fully saturated rings. The molecule has 1 atom stereocenters. The molecule has 0 saturated carbocycles. The van der Waals surface area contributed by atoms with E-state index in [9.17, 15) is 27.1 Å². The zero-order valence-corrected chi connectivity index (χ0v) is 9.42. The van der Waals surface area contributed by atoms with Crippen molar-refractivity contribution < 1.29 is 27.1 Å². The Morgan fingerprint density at radius 3 is 2.06 bits per heavy atom. The summed E-state index contributed by atoms with van der Waals surface area (Å²) in [6.07, 6.45) is -8.38. The van der Waals surface area contributed by atoms with E-state index < -0.39 is 31.0 Å². The van der Waals surface area contributed by atoms with E-state index in [1.54, 1.807) is 30.3 Å². The third-order valence-electron chi connectivity index (χ3n) is 2.57. The van der Waals surface area contributed by atoms with E-state index in [0.717, 1.165) is 0 Å². The smallest absolute Gasteiger partial charge is 0.388 e. The van der Waals surface area contributed by atoms with Crippen LogP contribution >= 0.6 is 0 Å². The SMILES string of the molecule is OC(CCCC(F)(F)C(F)(F)F)c1ccccc1. The molecule has 0 aliphatic heterocycles. The van der Waals surface area contributed by atoms with Gasteiger partial charge in [0.2, 0.25) is 0 Å². The van der Waals surface area contributed by atoms with E-state index >= 15 is 0 Å². The molecule has 1 rings (SSSR count). The highest BCUT2D eigenvalue weighted by atomic mass is 19.4. The lowest BCUT2D eigenvalue weighted by Crippen LogP contribution is -2.36. The largest absolute Gasteiger partial charge is 0.453 e. The molecule has 1 N–H and O–H groups in total. The second kappa shape index (κ2) is 5.65. The van der Waals surface area contributed by atoms with Crippen LogP contribution in [0.4, 0.5) is 22.0 Å². The van der Waals surface area contributed by atoms with Crippen LogP contribution in [-0.4, -0.2) is 17.2 Å². The van der Waals surface area contributed by atoms with Crippen molar-refractivity contribution in [3.8, 4) is 0 Å². The minimum Gasteiger partial charge on any atom is -0.388 e. The lowest BCUT2D eigenvalue weighted by atomic mass is 10.0. The number of rotatable bonds is 5. The minimum absolute atomic E-state index is 0.129. The first-order chi connectivity index (χ1) is 8.24. The molecule has 0 spiro atoms. The zero-order valence-electron chi connectivity index (χ0n) is 9.42. The summed E-state index contributed by atoms with van der Waals surface area (Å²) >= 11 is 0. The Bertz CT molecular complexity index is 360. The van der Waals surface area contributed by atoms with Crippen molar-refractivity contribution >= 4 is 0 Å². The van der Waals surface area contributed by atoms with Gasteiger partial charge in [0.05, 0.1) is 6.10 Å². The van der Waals surface area contributed by atoms with Crippen molar-refractivity contribution in [2.24, 2.45) is 0 Å². The molecule has 1 unspecified atom stereocenters. The van der Waals surface area contributed by atoms with Crippen LogP contribution in [0.15, 0.2) is 30.3 Å². The number of hydrogen-bond acceptors (Lipinski definition) is 1. The van der Waals surface area contributed by atoms with Crippen molar-refractivity contribution in [3.05, 3.63) is 35.9 Å². The van der Waals surface area contributed by atoms with Gasteiger partial charge in [-0.25, -0.2) is 0 Å². The van der Waals surface area contributed by atoms with Crippen LogP contribution in [-0.2, 0) is 0 Å². The highest BCUT2D eigenvalue weighted by molar-refractivity contribution is 5.17. The predicted molar refractivity (Wildman–Crippen MR) is 56.3 cm³/mol. The molecule has 1 aromatic carbocycles. The van der Waals surface area contributed by atoms with Crippen molar-refractivity contribution in [1.82, 2.24) is 0 Å². The van der Waals surface area contributed by atoms with Crippen molar-refractivity contribution in [3.63, 3.8) is 0 Å². The summed E-state index contributed by atoms with van der Waals surface area (Å²) in [5.74, 6) is -4.69. The van der Waals surface area contributed by atoms with Crippen molar-refractivity contribution in [1.29, 1.82) is 0 Å². The number of halogens is 5.